The summed E-state index contributed by atoms with van der Waals surface area (Å²) in [5.41, 5.74) is 0.543. The third kappa shape index (κ3) is 5.59. The Bertz CT molecular complexity index is 819. The Hall–Kier alpha value is -3.30. The second kappa shape index (κ2) is 9.76. The Morgan fingerprint density at radius 2 is 1.66 bits per heavy atom. The predicted octanol–water partition coefficient (Wildman–Crippen LogP) is 2.21. The van der Waals surface area contributed by atoms with Crippen molar-refractivity contribution in [2.45, 2.75) is 25.8 Å². The highest BCUT2D eigenvalue weighted by atomic mass is 16.5. The van der Waals surface area contributed by atoms with Crippen molar-refractivity contribution in [1.82, 2.24) is 20.3 Å². The molecule has 1 aromatic heterocycles. The van der Waals surface area contributed by atoms with Crippen molar-refractivity contribution in [3.8, 4) is 17.5 Å². The molecule has 2 aromatic rings. The number of hydrogen-bond acceptors (Lipinski definition) is 8. The molecule has 2 N–H and O–H groups in total. The summed E-state index contributed by atoms with van der Waals surface area (Å²) in [7, 11) is 4.61. The average molecular weight is 402 g/mol. The van der Waals surface area contributed by atoms with Gasteiger partial charge in [-0.05, 0) is 19.3 Å². The quantitative estimate of drug-likeness (QED) is 0.725. The first kappa shape index (κ1) is 20.4. The molecule has 1 saturated heterocycles. The first-order chi connectivity index (χ1) is 14.1. The van der Waals surface area contributed by atoms with Gasteiger partial charge < -0.3 is 29.7 Å². The molecule has 1 aliphatic heterocycles. The minimum absolute atomic E-state index is 0.132. The summed E-state index contributed by atoms with van der Waals surface area (Å²) < 4.78 is 15.6. The monoisotopic (exact) mass is 402 g/mol. The molecule has 10 nitrogen and oxygen atoms in total. The number of anilines is 2. The zero-order valence-electron chi connectivity index (χ0n) is 16.9. The van der Waals surface area contributed by atoms with Crippen LogP contribution in [-0.2, 0) is 6.54 Å². The van der Waals surface area contributed by atoms with Gasteiger partial charge in [0.2, 0.25) is 5.95 Å². The SMILES string of the molecule is COc1cc(NC(=O)NCc2nc(OC)nc(N3CCCCC3)n2)cc(OC)c1. The highest BCUT2D eigenvalue weighted by molar-refractivity contribution is 5.89. The molecule has 2 amide bonds. The Kier molecular flexibility index (Phi) is 6.88. The maximum atomic E-state index is 12.3. The molecular weight excluding hydrogens is 376 g/mol. The van der Waals surface area contributed by atoms with Gasteiger partial charge in [0.15, 0.2) is 5.82 Å². The second-order valence-corrected chi connectivity index (χ2v) is 6.50. The van der Waals surface area contributed by atoms with E-state index in [2.05, 4.69) is 30.5 Å². The van der Waals surface area contributed by atoms with E-state index in [4.69, 9.17) is 14.2 Å². The van der Waals surface area contributed by atoms with E-state index in [0.29, 0.717) is 29.0 Å². The van der Waals surface area contributed by atoms with E-state index in [9.17, 15) is 4.79 Å². The van der Waals surface area contributed by atoms with Crippen LogP contribution in [0.3, 0.4) is 0 Å². The van der Waals surface area contributed by atoms with Crippen molar-refractivity contribution in [1.29, 1.82) is 0 Å². The highest BCUT2D eigenvalue weighted by Gasteiger charge is 2.17. The van der Waals surface area contributed by atoms with E-state index in [1.807, 2.05) is 0 Å². The number of piperidine rings is 1. The van der Waals surface area contributed by atoms with Crippen LogP contribution in [0.2, 0.25) is 0 Å². The largest absolute Gasteiger partial charge is 0.497 e. The van der Waals surface area contributed by atoms with Gasteiger partial charge in [-0.25, -0.2) is 4.79 Å². The van der Waals surface area contributed by atoms with E-state index in [1.165, 1.54) is 13.5 Å². The molecule has 1 aromatic carbocycles. The van der Waals surface area contributed by atoms with Gasteiger partial charge in [0.05, 0.1) is 27.9 Å². The molecule has 0 radical (unpaired) electrons. The van der Waals surface area contributed by atoms with Crippen LogP contribution in [0.4, 0.5) is 16.4 Å². The number of urea groups is 1. The van der Waals surface area contributed by atoms with Crippen LogP contribution in [-0.4, -0.2) is 55.4 Å². The van der Waals surface area contributed by atoms with Gasteiger partial charge in [-0.2, -0.15) is 15.0 Å². The van der Waals surface area contributed by atoms with Gasteiger partial charge in [-0.1, -0.05) is 0 Å². The van der Waals surface area contributed by atoms with Gasteiger partial charge >= 0.3 is 12.0 Å². The fraction of sp³-hybridized carbons (Fsp3) is 0.474. The number of rotatable bonds is 7. The van der Waals surface area contributed by atoms with Crippen LogP contribution in [0.15, 0.2) is 18.2 Å². The molecule has 10 heteroatoms. The Morgan fingerprint density at radius 3 is 2.28 bits per heavy atom. The third-order valence-electron chi connectivity index (χ3n) is 4.49. The van der Waals surface area contributed by atoms with E-state index in [-0.39, 0.29) is 12.6 Å². The first-order valence-corrected chi connectivity index (χ1v) is 9.43. The molecule has 0 saturated carbocycles. The Morgan fingerprint density at radius 1 is 0.966 bits per heavy atom. The maximum Gasteiger partial charge on any atom is 0.321 e. The van der Waals surface area contributed by atoms with Crippen LogP contribution in [0, 0.1) is 0 Å². The van der Waals surface area contributed by atoms with Crippen LogP contribution in [0.25, 0.3) is 0 Å². The molecular formula is C19H26N6O4. The van der Waals surface area contributed by atoms with Gasteiger partial charge in [0, 0.05) is 37.0 Å². The molecule has 0 spiro atoms. The minimum atomic E-state index is -0.404. The second-order valence-electron chi connectivity index (χ2n) is 6.50. The van der Waals surface area contributed by atoms with Gasteiger partial charge in [-0.15, -0.1) is 0 Å². The average Bonchev–Trinajstić information content (AvgIpc) is 2.77. The fourth-order valence-electron chi connectivity index (χ4n) is 3.01. The van der Waals surface area contributed by atoms with Crippen molar-refractivity contribution in [3.63, 3.8) is 0 Å². The summed E-state index contributed by atoms with van der Waals surface area (Å²) in [5.74, 6) is 2.16. The zero-order valence-corrected chi connectivity index (χ0v) is 16.9. The lowest BCUT2D eigenvalue weighted by Crippen LogP contribution is -2.32. The van der Waals surface area contributed by atoms with Crippen molar-refractivity contribution in [2.24, 2.45) is 0 Å². The molecule has 0 atom stereocenters. The van der Waals surface area contributed by atoms with Gasteiger partial charge in [0.1, 0.15) is 11.5 Å². The minimum Gasteiger partial charge on any atom is -0.497 e. The topological polar surface area (TPSA) is 111 Å². The normalized spacial score (nSPS) is 13.6. The number of methoxy groups -OCH3 is 3. The number of nitrogens with one attached hydrogen (secondary N) is 2. The molecule has 0 aliphatic carbocycles. The molecule has 0 unspecified atom stereocenters. The first-order valence-electron chi connectivity index (χ1n) is 9.43. The maximum absolute atomic E-state index is 12.3. The van der Waals surface area contributed by atoms with Crippen LogP contribution in [0.5, 0.6) is 17.5 Å². The summed E-state index contributed by atoms with van der Waals surface area (Å²) in [4.78, 5) is 27.5. The molecule has 1 fully saturated rings. The Labute approximate surface area is 169 Å². The molecule has 1 aliphatic rings. The standard InChI is InChI=1S/C19H26N6O4/c1-27-14-9-13(10-15(11-14)28-2)21-18(26)20-12-16-22-17(24-19(23-16)29-3)25-7-5-4-6-8-25/h9-11H,4-8,12H2,1-3H3,(H2,20,21,26). The lowest BCUT2D eigenvalue weighted by atomic mass is 10.1. The van der Waals surface area contributed by atoms with Crippen molar-refractivity contribution in [2.75, 3.05) is 44.6 Å². The molecule has 0 bridgehead atoms. The molecule has 156 valence electrons. The summed E-state index contributed by atoms with van der Waals surface area (Å²) in [6, 6.07) is 4.95. The van der Waals surface area contributed by atoms with E-state index >= 15 is 0 Å². The predicted molar refractivity (Wildman–Crippen MR) is 108 cm³/mol. The van der Waals surface area contributed by atoms with Gasteiger partial charge in [0.25, 0.3) is 0 Å². The molecule has 29 heavy (non-hydrogen) atoms. The van der Waals surface area contributed by atoms with Gasteiger partial charge in [-0.3, -0.25) is 0 Å². The van der Waals surface area contributed by atoms with E-state index < -0.39 is 6.03 Å². The van der Waals surface area contributed by atoms with Crippen molar-refractivity contribution >= 4 is 17.7 Å². The lowest BCUT2D eigenvalue weighted by molar-refractivity contribution is 0.251. The number of carbonyl (C=O) groups is 1. The summed E-state index contributed by atoms with van der Waals surface area (Å²) in [5, 5.41) is 5.49. The summed E-state index contributed by atoms with van der Waals surface area (Å²) >= 11 is 0. The number of benzene rings is 1. The number of aromatic nitrogens is 3. The third-order valence-corrected chi connectivity index (χ3v) is 4.49. The van der Waals surface area contributed by atoms with E-state index in [1.54, 1.807) is 32.4 Å². The highest BCUT2D eigenvalue weighted by Crippen LogP contribution is 2.25. The number of amides is 2. The number of hydrogen-bond donors (Lipinski definition) is 2. The summed E-state index contributed by atoms with van der Waals surface area (Å²) in [6.45, 7) is 1.93. The fourth-order valence-corrected chi connectivity index (χ4v) is 3.01. The molecule has 2 heterocycles. The van der Waals surface area contributed by atoms with Crippen molar-refractivity contribution < 1.29 is 19.0 Å². The number of carbonyl (C=O) groups excluding carboxylic acids is 1. The lowest BCUT2D eigenvalue weighted by Gasteiger charge is -2.26. The summed E-state index contributed by atoms with van der Waals surface area (Å²) in [6.07, 6.45) is 3.42. The molecule has 3 rings (SSSR count). The Balaban J connectivity index is 1.65. The van der Waals surface area contributed by atoms with Crippen LogP contribution in [0.1, 0.15) is 25.1 Å². The van der Waals surface area contributed by atoms with Crippen LogP contribution >= 0.6 is 0 Å². The van der Waals surface area contributed by atoms with E-state index in [0.717, 1.165) is 25.9 Å². The zero-order chi connectivity index (χ0) is 20.6. The number of nitrogens with zero attached hydrogens (tertiary/aromatic N) is 4. The van der Waals surface area contributed by atoms with Crippen molar-refractivity contribution in [3.05, 3.63) is 24.0 Å². The number of ether oxygens (including phenoxy) is 3. The smallest absolute Gasteiger partial charge is 0.321 e. The van der Waals surface area contributed by atoms with Crippen LogP contribution < -0.4 is 29.7 Å².